The maximum atomic E-state index is 12.5. The summed E-state index contributed by atoms with van der Waals surface area (Å²) < 4.78 is 4.88. The van der Waals surface area contributed by atoms with Crippen LogP contribution in [-0.2, 0) is 19.1 Å². The molecule has 11 nitrogen and oxygen atoms in total. The Kier molecular flexibility index (Phi) is 21.0. The summed E-state index contributed by atoms with van der Waals surface area (Å²) in [6.07, 6.45) is 7.39. The molecule has 0 saturated heterocycles. The molecule has 0 saturated carbocycles. The largest absolute Gasteiger partial charge is 0.481 e. The van der Waals surface area contributed by atoms with Gasteiger partial charge >= 0.3 is 12.1 Å². The summed E-state index contributed by atoms with van der Waals surface area (Å²) in [5.74, 6) is -2.75. The monoisotopic (exact) mass is 646 g/mol. The number of ketones is 1. The third-order valence-electron chi connectivity index (χ3n) is 6.04. The molecule has 0 rings (SSSR count). The molecule has 0 heterocycles. The fraction of sp³-hybridized carbons (Fsp3) is 0.533. The molecular formula is C30H44Cl2N2O9. The van der Waals surface area contributed by atoms with Gasteiger partial charge in [-0.1, -0.05) is 67.5 Å². The van der Waals surface area contributed by atoms with Gasteiger partial charge in [-0.2, -0.15) is 0 Å². The molecule has 0 aromatic carbocycles. The van der Waals surface area contributed by atoms with Gasteiger partial charge in [-0.15, -0.1) is 11.6 Å². The number of nitrogens with two attached hydrogens (primary N) is 1. The first-order valence-electron chi connectivity index (χ1n) is 13.9. The standard InChI is InChI=1S/C30H44Cl2N2O9/c1-4-5-14-24(43-30(33)42)27(32)22(35)18-23(36)29(41)28(40)20(3)21(31)13-8-6-11-19(2)12-7-9-15-25(37)34-17-10-16-26(38)39/h5-8,11-14,20,22,24,27-29,35,40-41H,4,9-10,15-18H2,1-3H3,(H2,33,42)(H,34,37)(H,38,39)/b8-6+,12-7+,14-5+,19-11+,21-13-. The Morgan fingerprint density at radius 3 is 2.30 bits per heavy atom. The van der Waals surface area contributed by atoms with Gasteiger partial charge in [0.15, 0.2) is 5.78 Å². The molecular weight excluding hydrogens is 603 g/mol. The van der Waals surface area contributed by atoms with Crippen LogP contribution in [0.1, 0.15) is 59.3 Å². The van der Waals surface area contributed by atoms with Crippen LogP contribution in [0.5, 0.6) is 0 Å². The predicted octanol–water partition coefficient (Wildman–Crippen LogP) is 3.64. The number of carboxylic acid groups (broad SMARTS) is 1. The summed E-state index contributed by atoms with van der Waals surface area (Å²) >= 11 is 12.4. The van der Waals surface area contributed by atoms with Crippen LogP contribution >= 0.6 is 23.2 Å². The van der Waals surface area contributed by atoms with Crippen molar-refractivity contribution in [1.29, 1.82) is 0 Å². The molecule has 0 bridgehead atoms. The number of halogens is 2. The molecule has 0 spiro atoms. The first-order chi connectivity index (χ1) is 20.2. The highest BCUT2D eigenvalue weighted by atomic mass is 35.5. The number of alkyl halides is 1. The summed E-state index contributed by atoms with van der Waals surface area (Å²) in [6.45, 7) is 5.53. The topological polar surface area (TPSA) is 196 Å². The van der Waals surface area contributed by atoms with Crippen molar-refractivity contribution in [3.63, 3.8) is 0 Å². The smallest absolute Gasteiger partial charge is 0.405 e. The van der Waals surface area contributed by atoms with Crippen LogP contribution in [0, 0.1) is 5.92 Å². The zero-order valence-corrected chi connectivity index (χ0v) is 26.2. The molecule has 0 aromatic rings. The van der Waals surface area contributed by atoms with E-state index in [1.165, 1.54) is 19.1 Å². The second-order valence-electron chi connectivity index (χ2n) is 9.78. The Labute approximate surface area is 262 Å². The van der Waals surface area contributed by atoms with Crippen molar-refractivity contribution in [1.82, 2.24) is 5.32 Å². The number of carbonyl (C=O) groups excluding carboxylic acids is 3. The lowest BCUT2D eigenvalue weighted by molar-refractivity contribution is -0.137. The Bertz CT molecular complexity index is 1060. The lowest BCUT2D eigenvalue weighted by Crippen LogP contribution is -2.43. The number of aliphatic hydroxyl groups excluding tert-OH is 3. The molecule has 0 aromatic heterocycles. The number of aliphatic carboxylic acids is 1. The number of ether oxygens (including phenoxy) is 1. The van der Waals surface area contributed by atoms with E-state index in [0.717, 1.165) is 5.57 Å². The Balaban J connectivity index is 4.87. The van der Waals surface area contributed by atoms with Crippen LogP contribution < -0.4 is 11.1 Å². The number of primary amides is 1. The molecule has 6 unspecified atom stereocenters. The molecule has 43 heavy (non-hydrogen) atoms. The Hall–Kier alpha value is -2.96. The predicted molar refractivity (Wildman–Crippen MR) is 165 cm³/mol. The summed E-state index contributed by atoms with van der Waals surface area (Å²) in [6, 6.07) is 0. The van der Waals surface area contributed by atoms with E-state index in [0.29, 0.717) is 25.8 Å². The first-order valence-corrected chi connectivity index (χ1v) is 14.7. The van der Waals surface area contributed by atoms with Gasteiger partial charge in [-0.3, -0.25) is 14.4 Å². The zero-order valence-electron chi connectivity index (χ0n) is 24.7. The van der Waals surface area contributed by atoms with E-state index >= 15 is 0 Å². The van der Waals surface area contributed by atoms with Gasteiger partial charge in [0.05, 0.1) is 12.2 Å². The van der Waals surface area contributed by atoms with Crippen LogP contribution in [0.15, 0.2) is 59.2 Å². The van der Waals surface area contributed by atoms with E-state index in [2.05, 4.69) is 5.32 Å². The minimum absolute atomic E-state index is 0.00976. The van der Waals surface area contributed by atoms with Gasteiger partial charge < -0.3 is 36.2 Å². The molecule has 6 atom stereocenters. The summed E-state index contributed by atoms with van der Waals surface area (Å²) in [5.41, 5.74) is 5.93. The molecule has 7 N–H and O–H groups in total. The van der Waals surface area contributed by atoms with Gasteiger partial charge in [0.2, 0.25) is 5.91 Å². The molecule has 2 amide bonds. The fourth-order valence-electron chi connectivity index (χ4n) is 3.50. The lowest BCUT2D eigenvalue weighted by Gasteiger charge is -2.26. The van der Waals surface area contributed by atoms with Crippen LogP contribution in [0.4, 0.5) is 4.79 Å². The lowest BCUT2D eigenvalue weighted by atomic mass is 9.93. The highest BCUT2D eigenvalue weighted by Gasteiger charge is 2.34. The van der Waals surface area contributed by atoms with Gasteiger partial charge in [-0.05, 0) is 38.3 Å². The van der Waals surface area contributed by atoms with E-state index in [9.17, 15) is 34.5 Å². The SMILES string of the molecule is CC/C=C/C(OC(N)=O)C(Cl)C(O)CC(=O)C(O)C(O)C(C)/C(Cl)=C/C=C/C=C(C)/C=C/CCC(=O)NCCCC(=O)O. The third-order valence-corrected chi connectivity index (χ3v) is 7.05. The van der Waals surface area contributed by atoms with E-state index in [-0.39, 0.29) is 23.8 Å². The van der Waals surface area contributed by atoms with Crippen LogP contribution in [0.2, 0.25) is 0 Å². The van der Waals surface area contributed by atoms with Gasteiger partial charge in [-0.25, -0.2) is 4.79 Å². The van der Waals surface area contributed by atoms with E-state index in [1.54, 1.807) is 24.3 Å². The molecule has 242 valence electrons. The minimum atomic E-state index is -1.86. The number of carboxylic acids is 1. The zero-order chi connectivity index (χ0) is 32.9. The first kappa shape index (κ1) is 40.0. The van der Waals surface area contributed by atoms with Gasteiger partial charge in [0.25, 0.3) is 0 Å². The average Bonchev–Trinajstić information content (AvgIpc) is 2.95. The number of amides is 2. The second-order valence-corrected chi connectivity index (χ2v) is 10.7. The molecule has 0 aliphatic rings. The van der Waals surface area contributed by atoms with Crippen molar-refractivity contribution in [3.8, 4) is 0 Å². The number of rotatable bonds is 21. The van der Waals surface area contributed by atoms with Crippen molar-refractivity contribution in [2.45, 2.75) is 89.1 Å². The molecule has 13 heteroatoms. The molecule has 0 radical (unpaired) electrons. The number of nitrogens with one attached hydrogen (secondary N) is 1. The summed E-state index contributed by atoms with van der Waals surface area (Å²) in [7, 11) is 0. The molecule has 0 aliphatic carbocycles. The number of hydrogen-bond acceptors (Lipinski definition) is 8. The normalized spacial score (nSPS) is 17.0. The Morgan fingerprint density at radius 2 is 1.70 bits per heavy atom. The number of Topliss-reactive ketones (excluding diaryl/α,β-unsaturated/α-hetero) is 1. The van der Waals surface area contributed by atoms with Crippen molar-refractivity contribution in [2.24, 2.45) is 11.7 Å². The van der Waals surface area contributed by atoms with Crippen LogP contribution in [0.3, 0.4) is 0 Å². The third kappa shape index (κ3) is 18.3. The molecule has 0 fully saturated rings. The van der Waals surface area contributed by atoms with Crippen molar-refractivity contribution in [2.75, 3.05) is 6.54 Å². The minimum Gasteiger partial charge on any atom is -0.481 e. The van der Waals surface area contributed by atoms with E-state index in [1.807, 2.05) is 26.0 Å². The molecule has 0 aliphatic heterocycles. The van der Waals surface area contributed by atoms with Crippen molar-refractivity contribution >= 4 is 47.0 Å². The van der Waals surface area contributed by atoms with Gasteiger partial charge in [0.1, 0.15) is 17.6 Å². The van der Waals surface area contributed by atoms with Crippen LogP contribution in [-0.4, -0.2) is 80.5 Å². The second kappa shape index (κ2) is 22.6. The number of hydrogen-bond donors (Lipinski definition) is 6. The summed E-state index contributed by atoms with van der Waals surface area (Å²) in [5, 5.41) is 41.4. The van der Waals surface area contributed by atoms with E-state index in [4.69, 9.17) is 38.8 Å². The Morgan fingerprint density at radius 1 is 1.05 bits per heavy atom. The van der Waals surface area contributed by atoms with Gasteiger partial charge in [0, 0.05) is 36.8 Å². The van der Waals surface area contributed by atoms with Crippen LogP contribution in [0.25, 0.3) is 0 Å². The number of allylic oxidation sites excluding steroid dienone is 8. The summed E-state index contributed by atoms with van der Waals surface area (Å²) in [4.78, 5) is 45.9. The van der Waals surface area contributed by atoms with Crippen molar-refractivity contribution in [3.05, 3.63) is 59.2 Å². The fourth-order valence-corrected chi connectivity index (χ4v) is 3.93. The van der Waals surface area contributed by atoms with E-state index < -0.39 is 60.0 Å². The van der Waals surface area contributed by atoms with Crippen molar-refractivity contribution < 1.29 is 44.3 Å². The highest BCUT2D eigenvalue weighted by molar-refractivity contribution is 6.30. The highest BCUT2D eigenvalue weighted by Crippen LogP contribution is 2.23. The quantitative estimate of drug-likeness (QED) is 0.0466. The maximum absolute atomic E-state index is 12.5. The number of carbonyl (C=O) groups is 4. The average molecular weight is 648 g/mol. The maximum Gasteiger partial charge on any atom is 0.405 e. The number of aliphatic hydroxyl groups is 3.